The van der Waals surface area contributed by atoms with Crippen LogP contribution < -0.4 is 10.5 Å². The highest BCUT2D eigenvalue weighted by Gasteiger charge is 2.08. The van der Waals surface area contributed by atoms with Gasteiger partial charge in [0.05, 0.1) is 7.11 Å². The molecule has 0 unspecified atom stereocenters. The Morgan fingerprint density at radius 3 is 2.45 bits per heavy atom. The van der Waals surface area contributed by atoms with Crippen molar-refractivity contribution in [3.05, 3.63) is 59.4 Å². The molecule has 0 amide bonds. The van der Waals surface area contributed by atoms with E-state index in [1.54, 1.807) is 12.1 Å². The fraction of sp³-hybridized carbons (Fsp3) is 0.250. The summed E-state index contributed by atoms with van der Waals surface area (Å²) in [6, 6.07) is 12.6. The van der Waals surface area contributed by atoms with Crippen LogP contribution in [0.4, 0.5) is 10.1 Å². The lowest BCUT2D eigenvalue weighted by Crippen LogP contribution is -2.18. The van der Waals surface area contributed by atoms with Crippen molar-refractivity contribution in [2.24, 2.45) is 0 Å². The van der Waals surface area contributed by atoms with Crippen molar-refractivity contribution in [2.45, 2.75) is 13.1 Å². The Morgan fingerprint density at radius 1 is 1.10 bits per heavy atom. The number of hydrogen-bond donors (Lipinski definition) is 1. The number of halogens is 1. The first-order valence-electron chi connectivity index (χ1n) is 6.44. The number of hydrogen-bond acceptors (Lipinski definition) is 3. The molecule has 3 nitrogen and oxygen atoms in total. The lowest BCUT2D eigenvalue weighted by atomic mass is 10.1. The minimum Gasteiger partial charge on any atom is -0.497 e. The predicted molar refractivity (Wildman–Crippen MR) is 79.0 cm³/mol. The zero-order valence-corrected chi connectivity index (χ0v) is 11.8. The summed E-state index contributed by atoms with van der Waals surface area (Å²) in [6.07, 6.45) is 0. The van der Waals surface area contributed by atoms with Gasteiger partial charge in [-0.2, -0.15) is 0 Å². The van der Waals surface area contributed by atoms with E-state index < -0.39 is 0 Å². The lowest BCUT2D eigenvalue weighted by molar-refractivity contribution is 0.313. The topological polar surface area (TPSA) is 38.5 Å². The third-order valence-electron chi connectivity index (χ3n) is 3.20. The summed E-state index contributed by atoms with van der Waals surface area (Å²) in [6.45, 7) is 1.20. The molecule has 0 aromatic heterocycles. The van der Waals surface area contributed by atoms with Gasteiger partial charge in [0.2, 0.25) is 0 Å². The number of ether oxygens (including phenoxy) is 1. The van der Waals surface area contributed by atoms with Crippen molar-refractivity contribution < 1.29 is 9.13 Å². The number of nitrogens with two attached hydrogens (primary N) is 1. The quantitative estimate of drug-likeness (QED) is 0.852. The van der Waals surface area contributed by atoms with Gasteiger partial charge in [-0.05, 0) is 24.7 Å². The van der Waals surface area contributed by atoms with E-state index in [4.69, 9.17) is 10.5 Å². The molecule has 0 bridgehead atoms. The van der Waals surface area contributed by atoms with Crippen LogP contribution in [0.3, 0.4) is 0 Å². The van der Waals surface area contributed by atoms with E-state index in [1.165, 1.54) is 13.2 Å². The molecule has 0 aliphatic rings. The first kappa shape index (κ1) is 14.3. The summed E-state index contributed by atoms with van der Waals surface area (Å²) < 4.78 is 18.9. The normalized spacial score (nSPS) is 10.8. The minimum atomic E-state index is -0.253. The first-order chi connectivity index (χ1) is 9.60. The van der Waals surface area contributed by atoms with E-state index >= 15 is 0 Å². The number of anilines is 1. The Balaban J connectivity index is 2.05. The highest BCUT2D eigenvalue weighted by atomic mass is 19.1. The molecule has 20 heavy (non-hydrogen) atoms. The Bertz CT molecular complexity index is 586. The van der Waals surface area contributed by atoms with E-state index in [1.807, 2.05) is 36.2 Å². The van der Waals surface area contributed by atoms with Crippen LogP contribution in [-0.2, 0) is 13.1 Å². The molecule has 0 saturated heterocycles. The van der Waals surface area contributed by atoms with Gasteiger partial charge in [-0.3, -0.25) is 4.90 Å². The Labute approximate surface area is 118 Å². The van der Waals surface area contributed by atoms with Crippen molar-refractivity contribution in [1.29, 1.82) is 0 Å². The van der Waals surface area contributed by atoms with Crippen LogP contribution in [0.2, 0.25) is 0 Å². The number of nitrogen functional groups attached to an aromatic ring is 1. The lowest BCUT2D eigenvalue weighted by Gasteiger charge is -2.18. The van der Waals surface area contributed by atoms with E-state index in [2.05, 4.69) is 0 Å². The van der Waals surface area contributed by atoms with Crippen molar-refractivity contribution in [1.82, 2.24) is 4.90 Å². The molecular formula is C16H19FN2O. The van der Waals surface area contributed by atoms with Gasteiger partial charge < -0.3 is 10.5 Å². The largest absolute Gasteiger partial charge is 0.497 e. The van der Waals surface area contributed by atoms with Crippen LogP contribution in [0.25, 0.3) is 0 Å². The van der Waals surface area contributed by atoms with Crippen molar-refractivity contribution in [3.63, 3.8) is 0 Å². The summed E-state index contributed by atoms with van der Waals surface area (Å²) in [5.74, 6) is 0.276. The fourth-order valence-electron chi connectivity index (χ4n) is 2.10. The van der Waals surface area contributed by atoms with E-state index in [9.17, 15) is 4.39 Å². The van der Waals surface area contributed by atoms with Gasteiger partial charge in [0.15, 0.2) is 0 Å². The summed E-state index contributed by atoms with van der Waals surface area (Å²) in [5, 5.41) is 0. The maximum absolute atomic E-state index is 13.9. The van der Waals surface area contributed by atoms with Crippen LogP contribution in [0, 0.1) is 5.82 Å². The first-order valence-corrected chi connectivity index (χ1v) is 6.44. The number of benzene rings is 2. The molecule has 2 aromatic carbocycles. The molecule has 0 spiro atoms. The maximum Gasteiger partial charge on any atom is 0.131 e. The summed E-state index contributed by atoms with van der Waals surface area (Å²) in [7, 11) is 3.47. The van der Waals surface area contributed by atoms with E-state index in [0.29, 0.717) is 24.4 Å². The minimum absolute atomic E-state index is 0.253. The van der Waals surface area contributed by atoms with Crippen LogP contribution in [0.5, 0.6) is 5.75 Å². The van der Waals surface area contributed by atoms with Crippen LogP contribution in [-0.4, -0.2) is 19.1 Å². The Kier molecular flexibility index (Phi) is 4.58. The van der Waals surface area contributed by atoms with Gasteiger partial charge in [-0.25, -0.2) is 4.39 Å². The third-order valence-corrected chi connectivity index (χ3v) is 3.20. The Morgan fingerprint density at radius 2 is 1.80 bits per heavy atom. The highest BCUT2D eigenvalue weighted by Crippen LogP contribution is 2.19. The van der Waals surface area contributed by atoms with Crippen molar-refractivity contribution >= 4 is 5.69 Å². The second-order valence-electron chi connectivity index (χ2n) is 4.83. The van der Waals surface area contributed by atoms with Crippen molar-refractivity contribution in [3.8, 4) is 5.75 Å². The molecule has 0 aliphatic heterocycles. The molecule has 0 saturated carbocycles. The van der Waals surface area contributed by atoms with Gasteiger partial charge in [0.1, 0.15) is 11.6 Å². The van der Waals surface area contributed by atoms with E-state index in [0.717, 1.165) is 11.3 Å². The molecule has 2 rings (SSSR count). The fourth-order valence-corrected chi connectivity index (χ4v) is 2.10. The summed E-state index contributed by atoms with van der Waals surface area (Å²) in [5.41, 5.74) is 8.36. The van der Waals surface area contributed by atoms with Crippen LogP contribution in [0.15, 0.2) is 42.5 Å². The molecule has 0 heterocycles. The van der Waals surface area contributed by atoms with Crippen LogP contribution >= 0.6 is 0 Å². The molecule has 106 valence electrons. The van der Waals surface area contributed by atoms with Gasteiger partial charge >= 0.3 is 0 Å². The molecular weight excluding hydrogens is 255 g/mol. The van der Waals surface area contributed by atoms with Gasteiger partial charge in [-0.1, -0.05) is 24.3 Å². The number of nitrogens with zero attached hydrogens (tertiary/aromatic N) is 1. The third kappa shape index (κ3) is 3.48. The zero-order chi connectivity index (χ0) is 14.5. The average molecular weight is 274 g/mol. The molecule has 0 fully saturated rings. The summed E-state index contributed by atoms with van der Waals surface area (Å²) in [4.78, 5) is 2.02. The molecule has 0 radical (unpaired) electrons. The van der Waals surface area contributed by atoms with Gasteiger partial charge in [0, 0.05) is 30.4 Å². The molecule has 0 aliphatic carbocycles. The maximum atomic E-state index is 13.9. The van der Waals surface area contributed by atoms with Crippen LogP contribution in [0.1, 0.15) is 11.1 Å². The highest BCUT2D eigenvalue weighted by molar-refractivity contribution is 5.46. The second kappa shape index (κ2) is 6.39. The second-order valence-corrected chi connectivity index (χ2v) is 4.83. The number of methoxy groups -OCH3 is 1. The molecule has 2 aromatic rings. The molecule has 0 atom stereocenters. The number of rotatable bonds is 5. The molecule has 4 heteroatoms. The zero-order valence-electron chi connectivity index (χ0n) is 11.8. The average Bonchev–Trinajstić information content (AvgIpc) is 2.43. The predicted octanol–water partition coefficient (Wildman–Crippen LogP) is 3.05. The monoisotopic (exact) mass is 274 g/mol. The van der Waals surface area contributed by atoms with Gasteiger partial charge in [-0.15, -0.1) is 0 Å². The standard InChI is InChI=1S/C16H19FN2O/c1-19(11-13-5-3-4-6-16(13)18)10-12-7-8-14(20-2)9-15(12)17/h3-9H,10-11,18H2,1-2H3. The smallest absolute Gasteiger partial charge is 0.131 e. The SMILES string of the molecule is COc1ccc(CN(C)Cc2ccccc2N)c(F)c1. The number of para-hydroxylation sites is 1. The van der Waals surface area contributed by atoms with E-state index in [-0.39, 0.29) is 5.82 Å². The molecule has 2 N–H and O–H groups in total. The van der Waals surface area contributed by atoms with Gasteiger partial charge in [0.25, 0.3) is 0 Å². The van der Waals surface area contributed by atoms with Crippen molar-refractivity contribution in [2.75, 3.05) is 19.9 Å². The Hall–Kier alpha value is -2.07. The summed E-state index contributed by atoms with van der Waals surface area (Å²) >= 11 is 0.